The predicted octanol–water partition coefficient (Wildman–Crippen LogP) is 1.07. The van der Waals surface area contributed by atoms with Crippen LogP contribution in [-0.2, 0) is 6.42 Å². The maximum atomic E-state index is 6.06. The standard InChI is InChI=1S/C11H21N5/c1-3-5-10-13-11(15-14-10)16-7-4-6-9(12)8(16)2/h8-9H,3-7,12H2,1-2H3,(H,13,14,15). The van der Waals surface area contributed by atoms with Crippen molar-refractivity contribution in [3.8, 4) is 0 Å². The minimum Gasteiger partial charge on any atom is -0.335 e. The van der Waals surface area contributed by atoms with E-state index in [1.165, 1.54) is 0 Å². The van der Waals surface area contributed by atoms with Crippen LogP contribution in [0.4, 0.5) is 5.95 Å². The topological polar surface area (TPSA) is 70.8 Å². The molecule has 16 heavy (non-hydrogen) atoms. The fourth-order valence-electron chi connectivity index (χ4n) is 2.22. The van der Waals surface area contributed by atoms with Crippen LogP contribution >= 0.6 is 0 Å². The Morgan fingerprint density at radius 1 is 1.56 bits per heavy atom. The molecule has 2 rings (SSSR count). The van der Waals surface area contributed by atoms with Gasteiger partial charge in [-0.1, -0.05) is 6.92 Å². The van der Waals surface area contributed by atoms with Crippen molar-refractivity contribution in [3.63, 3.8) is 0 Å². The number of nitrogens with two attached hydrogens (primary N) is 1. The fourth-order valence-corrected chi connectivity index (χ4v) is 2.22. The number of hydrogen-bond donors (Lipinski definition) is 2. The van der Waals surface area contributed by atoms with Gasteiger partial charge in [0.15, 0.2) is 0 Å². The molecule has 3 N–H and O–H groups in total. The molecule has 5 heteroatoms. The minimum absolute atomic E-state index is 0.238. The van der Waals surface area contributed by atoms with Gasteiger partial charge < -0.3 is 10.6 Å². The van der Waals surface area contributed by atoms with Gasteiger partial charge in [0.05, 0.1) is 0 Å². The van der Waals surface area contributed by atoms with E-state index in [-0.39, 0.29) is 6.04 Å². The second kappa shape index (κ2) is 4.82. The highest BCUT2D eigenvalue weighted by molar-refractivity contribution is 5.32. The minimum atomic E-state index is 0.238. The summed E-state index contributed by atoms with van der Waals surface area (Å²) < 4.78 is 0. The molecular weight excluding hydrogens is 202 g/mol. The number of anilines is 1. The third-order valence-electron chi connectivity index (χ3n) is 3.31. The molecule has 0 radical (unpaired) electrons. The van der Waals surface area contributed by atoms with Crippen LogP contribution in [0.5, 0.6) is 0 Å². The second-order valence-electron chi connectivity index (χ2n) is 4.57. The van der Waals surface area contributed by atoms with Gasteiger partial charge in [0, 0.05) is 25.0 Å². The lowest BCUT2D eigenvalue weighted by Gasteiger charge is -2.36. The van der Waals surface area contributed by atoms with Gasteiger partial charge in [-0.05, 0) is 26.2 Å². The first-order valence-electron chi connectivity index (χ1n) is 6.16. The summed E-state index contributed by atoms with van der Waals surface area (Å²) in [6.07, 6.45) is 4.28. The van der Waals surface area contributed by atoms with Crippen LogP contribution in [0.2, 0.25) is 0 Å². The summed E-state index contributed by atoms with van der Waals surface area (Å²) >= 11 is 0. The Balaban J connectivity index is 2.09. The van der Waals surface area contributed by atoms with Crippen LogP contribution in [-0.4, -0.2) is 33.8 Å². The number of rotatable bonds is 3. The Labute approximate surface area is 96.4 Å². The van der Waals surface area contributed by atoms with Gasteiger partial charge in [-0.15, -0.1) is 5.10 Å². The number of H-pyrrole nitrogens is 1. The number of nitrogens with one attached hydrogen (secondary N) is 1. The third kappa shape index (κ3) is 2.19. The van der Waals surface area contributed by atoms with Gasteiger partial charge >= 0.3 is 0 Å². The summed E-state index contributed by atoms with van der Waals surface area (Å²) in [5.74, 6) is 1.79. The van der Waals surface area contributed by atoms with E-state index in [0.29, 0.717) is 6.04 Å². The molecule has 90 valence electrons. The zero-order valence-electron chi connectivity index (χ0n) is 10.1. The lowest BCUT2D eigenvalue weighted by molar-refractivity contribution is 0.416. The molecule has 0 bridgehead atoms. The summed E-state index contributed by atoms with van der Waals surface area (Å²) in [5.41, 5.74) is 6.06. The zero-order chi connectivity index (χ0) is 11.5. The van der Waals surface area contributed by atoms with E-state index in [0.717, 1.165) is 44.0 Å². The number of aromatic amines is 1. The van der Waals surface area contributed by atoms with Crippen molar-refractivity contribution in [2.75, 3.05) is 11.4 Å². The predicted molar refractivity (Wildman–Crippen MR) is 64.4 cm³/mol. The molecule has 2 heterocycles. The number of nitrogens with zero attached hydrogens (tertiary/aromatic N) is 3. The summed E-state index contributed by atoms with van der Waals surface area (Å²) in [5, 5.41) is 7.27. The van der Waals surface area contributed by atoms with E-state index >= 15 is 0 Å². The molecule has 1 aromatic heterocycles. The average molecular weight is 223 g/mol. The van der Waals surface area contributed by atoms with Gasteiger partial charge in [0.2, 0.25) is 5.95 Å². The summed E-state index contributed by atoms with van der Waals surface area (Å²) in [7, 11) is 0. The van der Waals surface area contributed by atoms with Crippen molar-refractivity contribution >= 4 is 5.95 Å². The maximum absolute atomic E-state index is 6.06. The summed E-state index contributed by atoms with van der Waals surface area (Å²) in [6, 6.07) is 0.570. The molecule has 0 aromatic carbocycles. The van der Waals surface area contributed by atoms with Crippen LogP contribution in [0.15, 0.2) is 0 Å². The normalized spacial score (nSPS) is 26.1. The third-order valence-corrected chi connectivity index (χ3v) is 3.31. The quantitative estimate of drug-likeness (QED) is 0.804. The van der Waals surface area contributed by atoms with Gasteiger partial charge in [0.1, 0.15) is 5.82 Å². The van der Waals surface area contributed by atoms with Crippen LogP contribution in [0.3, 0.4) is 0 Å². The highest BCUT2D eigenvalue weighted by atomic mass is 15.4. The van der Waals surface area contributed by atoms with E-state index < -0.39 is 0 Å². The van der Waals surface area contributed by atoms with Crippen molar-refractivity contribution in [1.82, 2.24) is 15.2 Å². The molecule has 1 aromatic rings. The molecule has 2 atom stereocenters. The molecule has 1 saturated heterocycles. The number of aryl methyl sites for hydroxylation is 1. The van der Waals surface area contributed by atoms with Crippen LogP contribution in [0, 0.1) is 0 Å². The highest BCUT2D eigenvalue weighted by Gasteiger charge is 2.27. The largest absolute Gasteiger partial charge is 0.335 e. The molecule has 5 nitrogen and oxygen atoms in total. The Morgan fingerprint density at radius 3 is 3.12 bits per heavy atom. The lowest BCUT2D eigenvalue weighted by atomic mass is 9.99. The van der Waals surface area contributed by atoms with Crippen LogP contribution in [0.25, 0.3) is 0 Å². The molecular formula is C11H21N5. The first-order chi connectivity index (χ1) is 7.72. The summed E-state index contributed by atoms with van der Waals surface area (Å²) in [6.45, 7) is 5.31. The SMILES string of the molecule is CCCc1nc(N2CCCC(N)C2C)n[nH]1. The Hall–Kier alpha value is -1.10. The number of aromatic nitrogens is 3. The monoisotopic (exact) mass is 223 g/mol. The van der Waals surface area contributed by atoms with Gasteiger partial charge in [-0.25, -0.2) is 0 Å². The average Bonchev–Trinajstić information content (AvgIpc) is 2.71. The number of piperidine rings is 1. The highest BCUT2D eigenvalue weighted by Crippen LogP contribution is 2.20. The summed E-state index contributed by atoms with van der Waals surface area (Å²) in [4.78, 5) is 6.72. The number of hydrogen-bond acceptors (Lipinski definition) is 4. The Morgan fingerprint density at radius 2 is 2.38 bits per heavy atom. The van der Waals surface area contributed by atoms with Crippen molar-refractivity contribution in [3.05, 3.63) is 5.82 Å². The van der Waals surface area contributed by atoms with Gasteiger partial charge in [0.25, 0.3) is 0 Å². The molecule has 2 unspecified atom stereocenters. The maximum Gasteiger partial charge on any atom is 0.244 e. The molecule has 1 aliphatic rings. The fraction of sp³-hybridized carbons (Fsp3) is 0.818. The van der Waals surface area contributed by atoms with Crippen molar-refractivity contribution in [2.24, 2.45) is 5.73 Å². The second-order valence-corrected chi connectivity index (χ2v) is 4.57. The van der Waals surface area contributed by atoms with Crippen LogP contribution < -0.4 is 10.6 Å². The van der Waals surface area contributed by atoms with E-state index in [4.69, 9.17) is 5.73 Å². The molecule has 0 aliphatic carbocycles. The lowest BCUT2D eigenvalue weighted by Crippen LogP contribution is -2.50. The van der Waals surface area contributed by atoms with E-state index in [1.807, 2.05) is 0 Å². The van der Waals surface area contributed by atoms with Gasteiger partial charge in [-0.2, -0.15) is 4.98 Å². The Kier molecular flexibility index (Phi) is 3.43. The Bertz CT molecular complexity index is 335. The van der Waals surface area contributed by atoms with Crippen LogP contribution in [0.1, 0.15) is 38.9 Å². The van der Waals surface area contributed by atoms with E-state index in [2.05, 4.69) is 33.9 Å². The molecule has 0 saturated carbocycles. The first kappa shape index (κ1) is 11.4. The van der Waals surface area contributed by atoms with E-state index in [9.17, 15) is 0 Å². The van der Waals surface area contributed by atoms with Gasteiger partial charge in [-0.3, -0.25) is 5.10 Å². The van der Waals surface area contributed by atoms with Crippen molar-refractivity contribution in [2.45, 2.75) is 51.6 Å². The molecule has 1 aliphatic heterocycles. The molecule has 1 fully saturated rings. The smallest absolute Gasteiger partial charge is 0.244 e. The zero-order valence-corrected chi connectivity index (χ0v) is 10.1. The van der Waals surface area contributed by atoms with E-state index in [1.54, 1.807) is 0 Å². The molecule has 0 amide bonds. The molecule has 0 spiro atoms. The first-order valence-corrected chi connectivity index (χ1v) is 6.16. The van der Waals surface area contributed by atoms with Crippen molar-refractivity contribution in [1.29, 1.82) is 0 Å². The van der Waals surface area contributed by atoms with Crippen molar-refractivity contribution < 1.29 is 0 Å².